The molecule has 0 heterocycles. The van der Waals surface area contributed by atoms with E-state index in [9.17, 15) is 0 Å². The lowest BCUT2D eigenvalue weighted by atomic mass is 10.1. The standard InChI is InChI=1S/C18H16ClN/c1-2-3-4-7-16-8-5-6-9-18(16)20-14-15-10-12-17(19)13-11-15/h5-6,8-14H,2-3H2,1H3. The highest BCUT2D eigenvalue weighted by Crippen LogP contribution is 2.18. The van der Waals surface area contributed by atoms with Crippen molar-refractivity contribution in [1.82, 2.24) is 0 Å². The minimum atomic E-state index is 0.730. The molecular formula is C18H16ClN. The first-order chi connectivity index (χ1) is 9.79. The smallest absolute Gasteiger partial charge is 0.0786 e. The highest BCUT2D eigenvalue weighted by molar-refractivity contribution is 6.30. The van der Waals surface area contributed by atoms with E-state index in [0.717, 1.165) is 34.7 Å². The van der Waals surface area contributed by atoms with Crippen molar-refractivity contribution in [2.75, 3.05) is 0 Å². The molecule has 2 aromatic carbocycles. The molecule has 0 amide bonds. The third-order valence-electron chi connectivity index (χ3n) is 2.72. The van der Waals surface area contributed by atoms with Crippen LogP contribution in [0.2, 0.25) is 5.02 Å². The van der Waals surface area contributed by atoms with Crippen molar-refractivity contribution in [2.45, 2.75) is 19.8 Å². The van der Waals surface area contributed by atoms with E-state index < -0.39 is 0 Å². The first kappa shape index (κ1) is 14.4. The molecule has 2 heteroatoms. The third-order valence-corrected chi connectivity index (χ3v) is 2.98. The van der Waals surface area contributed by atoms with Gasteiger partial charge in [-0.05, 0) is 36.2 Å². The summed E-state index contributed by atoms with van der Waals surface area (Å²) in [6.07, 6.45) is 3.81. The van der Waals surface area contributed by atoms with Gasteiger partial charge in [0.2, 0.25) is 0 Å². The van der Waals surface area contributed by atoms with Crippen LogP contribution in [0.15, 0.2) is 53.5 Å². The number of aliphatic imine (C=N–C) groups is 1. The molecule has 0 unspecified atom stereocenters. The Kier molecular flexibility index (Phi) is 5.41. The van der Waals surface area contributed by atoms with E-state index in [2.05, 4.69) is 23.8 Å². The summed E-state index contributed by atoms with van der Waals surface area (Å²) >= 11 is 5.86. The van der Waals surface area contributed by atoms with Gasteiger partial charge in [0.1, 0.15) is 0 Å². The minimum Gasteiger partial charge on any atom is -0.255 e. The van der Waals surface area contributed by atoms with Gasteiger partial charge >= 0.3 is 0 Å². The van der Waals surface area contributed by atoms with Gasteiger partial charge in [0, 0.05) is 17.7 Å². The summed E-state index contributed by atoms with van der Waals surface area (Å²) in [6.45, 7) is 2.12. The molecule has 0 bridgehead atoms. The number of para-hydroxylation sites is 1. The van der Waals surface area contributed by atoms with E-state index in [0.29, 0.717) is 0 Å². The van der Waals surface area contributed by atoms with Gasteiger partial charge in [-0.1, -0.05) is 54.6 Å². The molecule has 1 nitrogen and oxygen atoms in total. The highest BCUT2D eigenvalue weighted by atomic mass is 35.5. The van der Waals surface area contributed by atoms with Crippen LogP contribution in [0.4, 0.5) is 5.69 Å². The summed E-state index contributed by atoms with van der Waals surface area (Å²) in [7, 11) is 0. The Labute approximate surface area is 125 Å². The predicted molar refractivity (Wildman–Crippen MR) is 86.9 cm³/mol. The van der Waals surface area contributed by atoms with Gasteiger partial charge in [0.25, 0.3) is 0 Å². The molecule has 0 aromatic heterocycles. The van der Waals surface area contributed by atoms with Gasteiger partial charge in [0.05, 0.1) is 11.3 Å². The Bertz CT molecular complexity index is 645. The molecule has 0 fully saturated rings. The fraction of sp³-hybridized carbons (Fsp3) is 0.167. The Hall–Kier alpha value is -2.04. The Balaban J connectivity index is 2.21. The highest BCUT2D eigenvalue weighted by Gasteiger charge is 1.96. The van der Waals surface area contributed by atoms with Crippen LogP contribution in [-0.2, 0) is 0 Å². The van der Waals surface area contributed by atoms with Gasteiger partial charge in [-0.3, -0.25) is 4.99 Å². The molecule has 0 atom stereocenters. The van der Waals surface area contributed by atoms with Crippen molar-refractivity contribution in [2.24, 2.45) is 4.99 Å². The van der Waals surface area contributed by atoms with E-state index in [1.54, 1.807) is 0 Å². The average molecular weight is 282 g/mol. The first-order valence-corrected chi connectivity index (χ1v) is 7.05. The molecule has 0 radical (unpaired) electrons. The number of halogens is 1. The second-order valence-electron chi connectivity index (χ2n) is 4.38. The average Bonchev–Trinajstić information content (AvgIpc) is 2.48. The van der Waals surface area contributed by atoms with Crippen LogP contribution in [-0.4, -0.2) is 6.21 Å². The van der Waals surface area contributed by atoms with Crippen molar-refractivity contribution in [3.63, 3.8) is 0 Å². The van der Waals surface area contributed by atoms with Crippen LogP contribution in [0.1, 0.15) is 30.9 Å². The molecule has 0 aliphatic carbocycles. The van der Waals surface area contributed by atoms with Crippen LogP contribution in [0.3, 0.4) is 0 Å². The van der Waals surface area contributed by atoms with Crippen LogP contribution in [0.25, 0.3) is 0 Å². The Morgan fingerprint density at radius 3 is 2.60 bits per heavy atom. The molecule has 0 saturated carbocycles. The summed E-state index contributed by atoms with van der Waals surface area (Å²) in [5, 5.41) is 0.730. The van der Waals surface area contributed by atoms with Crippen LogP contribution in [0, 0.1) is 11.8 Å². The Morgan fingerprint density at radius 1 is 1.10 bits per heavy atom. The zero-order valence-corrected chi connectivity index (χ0v) is 12.2. The number of rotatable bonds is 3. The number of hydrogen-bond acceptors (Lipinski definition) is 1. The maximum absolute atomic E-state index is 5.86. The maximum Gasteiger partial charge on any atom is 0.0786 e. The van der Waals surface area contributed by atoms with Gasteiger partial charge in [-0.15, -0.1) is 0 Å². The summed E-state index contributed by atoms with van der Waals surface area (Å²) in [6, 6.07) is 15.5. The topological polar surface area (TPSA) is 12.4 Å². The van der Waals surface area contributed by atoms with Gasteiger partial charge in [-0.25, -0.2) is 0 Å². The van der Waals surface area contributed by atoms with E-state index >= 15 is 0 Å². The Morgan fingerprint density at radius 2 is 1.85 bits per heavy atom. The zero-order valence-electron chi connectivity index (χ0n) is 11.4. The molecule has 0 saturated heterocycles. The van der Waals surface area contributed by atoms with E-state index in [1.807, 2.05) is 54.7 Å². The van der Waals surface area contributed by atoms with E-state index in [4.69, 9.17) is 11.6 Å². The molecular weight excluding hydrogens is 266 g/mol. The fourth-order valence-electron chi connectivity index (χ4n) is 1.67. The lowest BCUT2D eigenvalue weighted by Gasteiger charge is -1.98. The first-order valence-electron chi connectivity index (χ1n) is 6.67. The second kappa shape index (κ2) is 7.53. The molecule has 0 spiro atoms. The molecule has 20 heavy (non-hydrogen) atoms. The van der Waals surface area contributed by atoms with Crippen molar-refractivity contribution in [1.29, 1.82) is 0 Å². The van der Waals surface area contributed by atoms with Gasteiger partial charge in [0.15, 0.2) is 0 Å². The summed E-state index contributed by atoms with van der Waals surface area (Å²) in [4.78, 5) is 4.51. The molecule has 2 aromatic rings. The molecule has 0 N–H and O–H groups in total. The fourth-order valence-corrected chi connectivity index (χ4v) is 1.79. The van der Waals surface area contributed by atoms with Crippen LogP contribution in [0.5, 0.6) is 0 Å². The van der Waals surface area contributed by atoms with E-state index in [1.165, 1.54) is 0 Å². The van der Waals surface area contributed by atoms with Crippen LogP contribution < -0.4 is 0 Å². The van der Waals surface area contributed by atoms with Crippen molar-refractivity contribution in [3.05, 3.63) is 64.7 Å². The SMILES string of the molecule is CCCC#Cc1ccccc1N=Cc1ccc(Cl)cc1. The molecule has 0 aliphatic rings. The molecule has 0 aliphatic heterocycles. The molecule has 100 valence electrons. The number of hydrogen-bond donors (Lipinski definition) is 0. The normalized spacial score (nSPS) is 10.3. The number of nitrogens with zero attached hydrogens (tertiary/aromatic N) is 1. The lowest BCUT2D eigenvalue weighted by molar-refractivity contribution is 0.983. The maximum atomic E-state index is 5.86. The van der Waals surface area contributed by atoms with E-state index in [-0.39, 0.29) is 0 Å². The quantitative estimate of drug-likeness (QED) is 0.539. The minimum absolute atomic E-state index is 0.730. The summed E-state index contributed by atoms with van der Waals surface area (Å²) in [5.41, 5.74) is 2.88. The van der Waals surface area contributed by atoms with Crippen LogP contribution >= 0.6 is 11.6 Å². The van der Waals surface area contributed by atoms with Gasteiger partial charge in [-0.2, -0.15) is 0 Å². The summed E-state index contributed by atoms with van der Waals surface area (Å²) in [5.74, 6) is 6.33. The molecule has 2 rings (SSSR count). The second-order valence-corrected chi connectivity index (χ2v) is 4.82. The van der Waals surface area contributed by atoms with Gasteiger partial charge < -0.3 is 0 Å². The monoisotopic (exact) mass is 281 g/mol. The van der Waals surface area contributed by atoms with Crippen molar-refractivity contribution >= 4 is 23.5 Å². The van der Waals surface area contributed by atoms with Crippen molar-refractivity contribution < 1.29 is 0 Å². The number of unbranched alkanes of at least 4 members (excludes halogenated alkanes) is 1. The predicted octanol–water partition coefficient (Wildman–Crippen LogP) is 5.24. The summed E-state index contributed by atoms with van der Waals surface area (Å²) < 4.78 is 0. The largest absolute Gasteiger partial charge is 0.255 e. The number of benzene rings is 2. The lowest BCUT2D eigenvalue weighted by Crippen LogP contribution is -1.81. The third kappa shape index (κ3) is 4.26. The zero-order chi connectivity index (χ0) is 14.2. The van der Waals surface area contributed by atoms with Crippen molar-refractivity contribution in [3.8, 4) is 11.8 Å².